The lowest BCUT2D eigenvalue weighted by molar-refractivity contribution is -0.123. The highest BCUT2D eigenvalue weighted by atomic mass is 16.2. The van der Waals surface area contributed by atoms with Gasteiger partial charge in [0, 0.05) is 32.7 Å². The van der Waals surface area contributed by atoms with Gasteiger partial charge in [-0.25, -0.2) is 4.68 Å². The molecule has 21 heavy (non-hydrogen) atoms. The summed E-state index contributed by atoms with van der Waals surface area (Å²) in [6.45, 7) is 2.35. The summed E-state index contributed by atoms with van der Waals surface area (Å²) in [5.74, 6) is 0.358. The average molecular weight is 291 g/mol. The number of nitrogens with one attached hydrogen (secondary N) is 1. The number of carbonyl (C=O) groups is 1. The van der Waals surface area contributed by atoms with Crippen molar-refractivity contribution in [2.45, 2.75) is 24.8 Å². The Labute approximate surface area is 123 Å². The average Bonchev–Trinajstić information content (AvgIpc) is 3.04. The van der Waals surface area contributed by atoms with Crippen molar-refractivity contribution in [1.29, 1.82) is 0 Å². The van der Waals surface area contributed by atoms with Crippen molar-refractivity contribution < 1.29 is 4.79 Å². The van der Waals surface area contributed by atoms with Gasteiger partial charge in [0.05, 0.1) is 17.4 Å². The maximum atomic E-state index is 11.8. The predicted octanol–water partition coefficient (Wildman–Crippen LogP) is -0.786. The summed E-state index contributed by atoms with van der Waals surface area (Å²) in [5.41, 5.74) is 6.00. The van der Waals surface area contributed by atoms with Crippen LogP contribution in [-0.4, -0.2) is 40.9 Å². The van der Waals surface area contributed by atoms with Gasteiger partial charge in [0.1, 0.15) is 0 Å². The lowest BCUT2D eigenvalue weighted by atomic mass is 10.1. The minimum Gasteiger partial charge on any atom is -0.370 e. The molecule has 1 saturated carbocycles. The normalized spacial score (nSPS) is 23.1. The van der Waals surface area contributed by atoms with Gasteiger partial charge >= 0.3 is 0 Å². The maximum absolute atomic E-state index is 11.8. The van der Waals surface area contributed by atoms with Gasteiger partial charge in [0.2, 0.25) is 5.91 Å². The molecule has 1 aromatic heterocycles. The van der Waals surface area contributed by atoms with E-state index in [1.54, 1.807) is 19.3 Å². The highest BCUT2D eigenvalue weighted by molar-refractivity contribution is 5.88. The van der Waals surface area contributed by atoms with Crippen molar-refractivity contribution in [1.82, 2.24) is 15.1 Å². The number of anilines is 1. The zero-order chi connectivity index (χ0) is 15.0. The van der Waals surface area contributed by atoms with Crippen LogP contribution in [-0.2, 0) is 11.8 Å². The zero-order valence-electron chi connectivity index (χ0n) is 12.2. The molecule has 1 aromatic rings. The van der Waals surface area contributed by atoms with Crippen LogP contribution in [0, 0.1) is 5.92 Å². The third-order valence-electron chi connectivity index (χ3n) is 4.40. The van der Waals surface area contributed by atoms with Gasteiger partial charge in [0.15, 0.2) is 0 Å². The van der Waals surface area contributed by atoms with Gasteiger partial charge in [-0.3, -0.25) is 9.59 Å². The number of hydrogen-bond donors (Lipinski definition) is 2. The third kappa shape index (κ3) is 2.92. The molecule has 1 saturated heterocycles. The van der Waals surface area contributed by atoms with Gasteiger partial charge in [0.25, 0.3) is 5.56 Å². The topological polar surface area (TPSA) is 93.2 Å². The largest absolute Gasteiger partial charge is 0.370 e. The van der Waals surface area contributed by atoms with Crippen molar-refractivity contribution in [3.05, 3.63) is 22.6 Å². The number of nitrogens with two attached hydrogens (primary N) is 1. The molecule has 2 aliphatic rings. The molecule has 1 aliphatic heterocycles. The Kier molecular flexibility index (Phi) is 3.44. The van der Waals surface area contributed by atoms with Crippen molar-refractivity contribution in [2.24, 2.45) is 18.7 Å². The summed E-state index contributed by atoms with van der Waals surface area (Å²) < 4.78 is 1.31. The summed E-state index contributed by atoms with van der Waals surface area (Å²) in [7, 11) is 1.63. The van der Waals surface area contributed by atoms with Crippen LogP contribution in [0.25, 0.3) is 0 Å². The van der Waals surface area contributed by atoms with Crippen molar-refractivity contribution >= 4 is 11.6 Å². The Morgan fingerprint density at radius 3 is 3.00 bits per heavy atom. The molecule has 7 heteroatoms. The van der Waals surface area contributed by atoms with E-state index < -0.39 is 5.54 Å². The van der Waals surface area contributed by atoms with E-state index in [1.807, 2.05) is 0 Å². The molecular formula is C14H21N5O2. The second-order valence-electron chi connectivity index (χ2n) is 6.14. The van der Waals surface area contributed by atoms with Crippen LogP contribution in [0.1, 0.15) is 19.3 Å². The Morgan fingerprint density at radius 2 is 2.33 bits per heavy atom. The van der Waals surface area contributed by atoms with Crippen LogP contribution in [0.15, 0.2) is 17.1 Å². The molecule has 1 aliphatic carbocycles. The molecule has 2 fully saturated rings. The highest BCUT2D eigenvalue weighted by Gasteiger charge is 2.45. The second kappa shape index (κ2) is 5.14. The monoisotopic (exact) mass is 291 g/mol. The van der Waals surface area contributed by atoms with E-state index in [0.717, 1.165) is 38.0 Å². The molecule has 7 nitrogen and oxygen atoms in total. The first-order valence-electron chi connectivity index (χ1n) is 7.33. The molecule has 0 radical (unpaired) electrons. The molecule has 0 bridgehead atoms. The first kappa shape index (κ1) is 14.1. The molecule has 0 spiro atoms. The minimum atomic E-state index is -0.603. The number of aromatic nitrogens is 2. The fourth-order valence-electron chi connectivity index (χ4n) is 2.64. The van der Waals surface area contributed by atoms with Crippen LogP contribution in [0.5, 0.6) is 0 Å². The predicted molar refractivity (Wildman–Crippen MR) is 79.0 cm³/mol. The summed E-state index contributed by atoms with van der Waals surface area (Å²) in [6.07, 6.45) is 4.28. The lowest BCUT2D eigenvalue weighted by Crippen LogP contribution is -2.44. The summed E-state index contributed by atoms with van der Waals surface area (Å²) in [4.78, 5) is 25.6. The van der Waals surface area contributed by atoms with E-state index in [2.05, 4.69) is 15.3 Å². The van der Waals surface area contributed by atoms with Crippen LogP contribution < -0.4 is 21.5 Å². The number of nitrogens with zero attached hydrogens (tertiary/aromatic N) is 3. The molecule has 114 valence electrons. The smallest absolute Gasteiger partial charge is 0.268 e. The number of carbonyl (C=O) groups excluding carboxylic acids is 1. The van der Waals surface area contributed by atoms with E-state index in [1.165, 1.54) is 4.68 Å². The Morgan fingerprint density at radius 1 is 1.57 bits per heavy atom. The summed E-state index contributed by atoms with van der Waals surface area (Å²) in [5, 5.41) is 6.99. The molecule has 1 atom stereocenters. The van der Waals surface area contributed by atoms with E-state index in [-0.39, 0.29) is 11.5 Å². The minimum absolute atomic E-state index is 0.0313. The van der Waals surface area contributed by atoms with Crippen molar-refractivity contribution in [3.63, 3.8) is 0 Å². The maximum Gasteiger partial charge on any atom is 0.268 e. The van der Waals surface area contributed by atoms with Gasteiger partial charge < -0.3 is 16.0 Å². The van der Waals surface area contributed by atoms with Crippen molar-refractivity contribution in [2.75, 3.05) is 24.5 Å². The van der Waals surface area contributed by atoms with Gasteiger partial charge in [-0.15, -0.1) is 0 Å². The fourth-order valence-corrected chi connectivity index (χ4v) is 2.64. The standard InChI is InChI=1S/C14H21N5O2/c1-18-12(20)6-11(8-17-18)19-5-2-10(9-19)7-16-13(21)14(15)3-4-14/h6,8,10H,2-5,7,9,15H2,1H3,(H,16,21)/t10-/m0/s1. The Hall–Kier alpha value is -1.89. The van der Waals surface area contributed by atoms with E-state index >= 15 is 0 Å². The third-order valence-corrected chi connectivity index (χ3v) is 4.40. The fraction of sp³-hybridized carbons (Fsp3) is 0.643. The Balaban J connectivity index is 1.54. The SMILES string of the molecule is Cn1ncc(N2CC[C@@H](CNC(=O)C3(N)CC3)C2)cc1=O. The van der Waals surface area contributed by atoms with E-state index in [0.29, 0.717) is 12.5 Å². The van der Waals surface area contributed by atoms with Gasteiger partial charge in [-0.2, -0.15) is 5.10 Å². The molecule has 1 amide bonds. The lowest BCUT2D eigenvalue weighted by Gasteiger charge is -2.18. The van der Waals surface area contributed by atoms with Crippen LogP contribution in [0.3, 0.4) is 0 Å². The summed E-state index contributed by atoms with van der Waals surface area (Å²) in [6, 6.07) is 1.60. The van der Waals surface area contributed by atoms with Crippen LogP contribution in [0.2, 0.25) is 0 Å². The first-order chi connectivity index (χ1) is 9.98. The van der Waals surface area contributed by atoms with Gasteiger partial charge in [-0.1, -0.05) is 0 Å². The first-order valence-corrected chi connectivity index (χ1v) is 7.33. The molecule has 3 N–H and O–H groups in total. The Bertz CT molecular complexity index is 608. The molecule has 0 aromatic carbocycles. The molecule has 0 unspecified atom stereocenters. The summed E-state index contributed by atoms with van der Waals surface area (Å²) >= 11 is 0. The van der Waals surface area contributed by atoms with Crippen LogP contribution in [0.4, 0.5) is 5.69 Å². The van der Waals surface area contributed by atoms with Crippen LogP contribution >= 0.6 is 0 Å². The second-order valence-corrected chi connectivity index (χ2v) is 6.14. The molecule has 2 heterocycles. The number of aryl methyl sites for hydroxylation is 1. The zero-order valence-corrected chi connectivity index (χ0v) is 12.2. The highest BCUT2D eigenvalue weighted by Crippen LogP contribution is 2.32. The number of hydrogen-bond acceptors (Lipinski definition) is 5. The van der Waals surface area contributed by atoms with Crippen molar-refractivity contribution in [3.8, 4) is 0 Å². The number of amides is 1. The molecule has 3 rings (SSSR count). The quantitative estimate of drug-likeness (QED) is 0.758. The van der Waals surface area contributed by atoms with E-state index in [9.17, 15) is 9.59 Å². The van der Waals surface area contributed by atoms with E-state index in [4.69, 9.17) is 5.73 Å². The number of rotatable bonds is 4. The molecular weight excluding hydrogens is 270 g/mol. The van der Waals surface area contributed by atoms with Gasteiger partial charge in [-0.05, 0) is 25.2 Å².